The predicted octanol–water partition coefficient (Wildman–Crippen LogP) is 12.1. The van der Waals surface area contributed by atoms with Crippen LogP contribution in [0.2, 0.25) is 0 Å². The average Bonchev–Trinajstić information content (AvgIpc) is 3.06. The molecule has 0 aromatic carbocycles. The fraction of sp³-hybridized carbons (Fsp3) is 0.976. The molecule has 0 heterocycles. The molecule has 9 heteroatoms. The molecule has 0 aromatic rings. The molecule has 0 radical (unpaired) electrons. The van der Waals surface area contributed by atoms with Gasteiger partial charge in [0.15, 0.2) is 0 Å². The minimum atomic E-state index is -4.26. The first kappa shape index (κ1) is 49.5. The minimum absolute atomic E-state index is 0.0937. The molecule has 0 rings (SSSR count). The van der Waals surface area contributed by atoms with Crippen molar-refractivity contribution in [2.75, 3.05) is 54.1 Å². The van der Waals surface area contributed by atoms with Crippen molar-refractivity contribution in [3.8, 4) is 0 Å². The van der Waals surface area contributed by atoms with E-state index in [4.69, 9.17) is 18.5 Å². The quantitative estimate of drug-likeness (QED) is 0.0290. The maximum Gasteiger partial charge on any atom is 0.472 e. The topological polar surface area (TPSA) is 91.3 Å². The van der Waals surface area contributed by atoms with Crippen LogP contribution in [0.1, 0.15) is 200 Å². The second-order valence-electron chi connectivity index (χ2n) is 15.7. The van der Waals surface area contributed by atoms with Crippen LogP contribution in [0, 0.1) is 0 Å². The lowest BCUT2D eigenvalue weighted by atomic mass is 10.0. The van der Waals surface area contributed by atoms with E-state index < -0.39 is 13.9 Å². The Bertz CT molecular complexity index is 777. The van der Waals surface area contributed by atoms with E-state index >= 15 is 0 Å². The lowest BCUT2D eigenvalue weighted by Gasteiger charge is -2.24. The number of rotatable bonds is 40. The summed E-state index contributed by atoms with van der Waals surface area (Å²) >= 11 is 0. The van der Waals surface area contributed by atoms with Gasteiger partial charge in [0.1, 0.15) is 19.3 Å². The maximum atomic E-state index is 12.7. The van der Waals surface area contributed by atoms with Gasteiger partial charge in [-0.3, -0.25) is 13.8 Å². The summed E-state index contributed by atoms with van der Waals surface area (Å²) in [5.74, 6) is -0.309. The summed E-state index contributed by atoms with van der Waals surface area (Å²) in [4.78, 5) is 22.8. The number of ether oxygens (including phenoxy) is 2. The molecule has 0 bridgehead atoms. The number of esters is 1. The highest BCUT2D eigenvalue weighted by Crippen LogP contribution is 2.43. The first-order valence-corrected chi connectivity index (χ1v) is 22.8. The van der Waals surface area contributed by atoms with Gasteiger partial charge in [0.2, 0.25) is 0 Å². The number of hydrogen-bond donors (Lipinski definition) is 1. The van der Waals surface area contributed by atoms with E-state index in [1.165, 1.54) is 148 Å². The third-order valence-electron chi connectivity index (χ3n) is 9.42. The largest absolute Gasteiger partial charge is 0.472 e. The van der Waals surface area contributed by atoms with E-state index in [9.17, 15) is 14.3 Å². The molecule has 0 aliphatic heterocycles. The van der Waals surface area contributed by atoms with Crippen LogP contribution in [0.3, 0.4) is 0 Å². The summed E-state index contributed by atoms with van der Waals surface area (Å²) in [5, 5.41) is 0. The summed E-state index contributed by atoms with van der Waals surface area (Å²) in [6.45, 7) is 5.67. The Balaban J connectivity index is 4.20. The van der Waals surface area contributed by atoms with E-state index in [0.717, 1.165) is 32.1 Å². The Hall–Kier alpha value is -0.500. The molecule has 2 atom stereocenters. The Labute approximate surface area is 310 Å². The van der Waals surface area contributed by atoms with Crippen molar-refractivity contribution in [1.29, 1.82) is 0 Å². The summed E-state index contributed by atoms with van der Waals surface area (Å²) in [6.07, 6.45) is 35.5. The lowest BCUT2D eigenvalue weighted by Crippen LogP contribution is -2.37. The fourth-order valence-corrected chi connectivity index (χ4v) is 6.82. The lowest BCUT2D eigenvalue weighted by molar-refractivity contribution is -0.870. The third-order valence-corrected chi connectivity index (χ3v) is 10.4. The summed E-state index contributed by atoms with van der Waals surface area (Å²) in [5.41, 5.74) is 0. The van der Waals surface area contributed by atoms with Gasteiger partial charge < -0.3 is 18.9 Å². The molecule has 0 aromatic heterocycles. The van der Waals surface area contributed by atoms with Crippen LogP contribution in [-0.2, 0) is 27.9 Å². The molecule has 0 saturated carbocycles. The second kappa shape index (κ2) is 35.5. The van der Waals surface area contributed by atoms with Gasteiger partial charge in [-0.25, -0.2) is 4.57 Å². The van der Waals surface area contributed by atoms with Gasteiger partial charge in [-0.1, -0.05) is 181 Å². The van der Waals surface area contributed by atoms with E-state index in [2.05, 4.69) is 13.8 Å². The number of nitrogens with zero attached hydrogens (tertiary/aromatic N) is 1. The Morgan fingerprint density at radius 1 is 0.540 bits per heavy atom. The van der Waals surface area contributed by atoms with Crippen LogP contribution in [0.5, 0.6) is 0 Å². The van der Waals surface area contributed by atoms with Crippen molar-refractivity contribution in [2.24, 2.45) is 0 Å². The molecule has 0 spiro atoms. The highest BCUT2D eigenvalue weighted by atomic mass is 31.2. The highest BCUT2D eigenvalue weighted by molar-refractivity contribution is 7.47. The molecule has 0 amide bonds. The van der Waals surface area contributed by atoms with Gasteiger partial charge in [0.25, 0.3) is 0 Å². The van der Waals surface area contributed by atoms with Gasteiger partial charge in [-0.05, 0) is 12.8 Å². The van der Waals surface area contributed by atoms with Crippen molar-refractivity contribution < 1.29 is 37.3 Å². The van der Waals surface area contributed by atoms with Gasteiger partial charge in [0, 0.05) is 13.0 Å². The molecule has 0 saturated heterocycles. The van der Waals surface area contributed by atoms with Crippen LogP contribution in [-0.4, -0.2) is 75.6 Å². The minimum Gasteiger partial charge on any atom is -0.457 e. The number of hydrogen-bond acceptors (Lipinski definition) is 6. The van der Waals surface area contributed by atoms with Gasteiger partial charge in [-0.15, -0.1) is 0 Å². The Morgan fingerprint density at radius 3 is 1.32 bits per heavy atom. The number of phosphoric acid groups is 1. The van der Waals surface area contributed by atoms with Crippen LogP contribution in [0.4, 0.5) is 0 Å². The number of carbonyl (C=O) groups excluding carboxylic acids is 1. The van der Waals surface area contributed by atoms with Gasteiger partial charge >= 0.3 is 13.8 Å². The Morgan fingerprint density at radius 2 is 0.920 bits per heavy atom. The molecule has 0 aliphatic carbocycles. The first-order valence-electron chi connectivity index (χ1n) is 21.3. The van der Waals surface area contributed by atoms with Crippen molar-refractivity contribution in [3.05, 3.63) is 0 Å². The normalized spacial score (nSPS) is 13.8. The molecule has 50 heavy (non-hydrogen) atoms. The van der Waals surface area contributed by atoms with Crippen molar-refractivity contribution in [2.45, 2.75) is 206 Å². The summed E-state index contributed by atoms with van der Waals surface area (Å²) in [7, 11) is 1.68. The van der Waals surface area contributed by atoms with Crippen LogP contribution >= 0.6 is 7.82 Å². The highest BCUT2D eigenvalue weighted by Gasteiger charge is 2.26. The standard InChI is InChI=1S/C41H84NO7P/c1-6-8-10-12-14-16-18-20-21-22-23-24-26-28-30-32-34-41(43)49-40(39-48-50(44,45)47-37-35-42(3,4)5)38-46-36-33-31-29-27-25-19-17-15-13-11-9-7-2/h40H,6-39H2,1-5H3/p+1/t40-/m1/s1. The number of unbranched alkanes of at least 4 members (excludes halogenated alkanes) is 26. The zero-order valence-electron chi connectivity index (χ0n) is 33.9. The average molecular weight is 735 g/mol. The number of likely N-dealkylation sites (N-methyl/N-ethyl adjacent to an activating group) is 1. The fourth-order valence-electron chi connectivity index (χ4n) is 6.08. The van der Waals surface area contributed by atoms with E-state index in [1.807, 2.05) is 21.1 Å². The van der Waals surface area contributed by atoms with Gasteiger partial charge in [0.05, 0.1) is 34.4 Å². The molecular formula is C41H85NO7P+. The van der Waals surface area contributed by atoms with Crippen LogP contribution < -0.4 is 0 Å². The molecule has 1 N–H and O–H groups in total. The van der Waals surface area contributed by atoms with Crippen LogP contribution in [0.15, 0.2) is 0 Å². The van der Waals surface area contributed by atoms with Crippen molar-refractivity contribution in [3.63, 3.8) is 0 Å². The van der Waals surface area contributed by atoms with Crippen LogP contribution in [0.25, 0.3) is 0 Å². The summed E-state index contributed by atoms with van der Waals surface area (Å²) < 4.78 is 34.9. The first-order chi connectivity index (χ1) is 24.1. The molecule has 0 fully saturated rings. The molecule has 8 nitrogen and oxygen atoms in total. The molecular weight excluding hydrogens is 649 g/mol. The predicted molar refractivity (Wildman–Crippen MR) is 211 cm³/mol. The number of quaternary nitrogens is 1. The summed E-state index contributed by atoms with van der Waals surface area (Å²) in [6, 6.07) is 0. The van der Waals surface area contributed by atoms with Crippen molar-refractivity contribution >= 4 is 13.8 Å². The second-order valence-corrected chi connectivity index (χ2v) is 17.2. The number of phosphoric ester groups is 1. The zero-order valence-corrected chi connectivity index (χ0v) is 34.8. The molecule has 300 valence electrons. The Kier molecular flexibility index (Phi) is 35.2. The monoisotopic (exact) mass is 735 g/mol. The van der Waals surface area contributed by atoms with E-state index in [0.29, 0.717) is 24.1 Å². The van der Waals surface area contributed by atoms with E-state index in [1.54, 1.807) is 0 Å². The SMILES string of the molecule is CCCCCCCCCCCCCCCCCCC(=O)O[C@H](COCCCCCCCCCCCCCC)COP(=O)(O)OCC[N+](C)(C)C. The van der Waals surface area contributed by atoms with Crippen molar-refractivity contribution in [1.82, 2.24) is 0 Å². The number of carbonyl (C=O) groups is 1. The van der Waals surface area contributed by atoms with Gasteiger partial charge in [-0.2, -0.15) is 0 Å². The third kappa shape index (κ3) is 38.7. The van der Waals surface area contributed by atoms with E-state index in [-0.39, 0.29) is 25.8 Å². The maximum absolute atomic E-state index is 12.7. The smallest absolute Gasteiger partial charge is 0.457 e. The molecule has 1 unspecified atom stereocenters. The molecule has 0 aliphatic rings. The zero-order chi connectivity index (χ0) is 37.0.